The van der Waals surface area contributed by atoms with E-state index in [1.54, 1.807) is 16.8 Å². The van der Waals surface area contributed by atoms with Crippen LogP contribution >= 0.6 is 0 Å². The van der Waals surface area contributed by atoms with Crippen molar-refractivity contribution in [3.63, 3.8) is 0 Å². The van der Waals surface area contributed by atoms with Gasteiger partial charge in [-0.05, 0) is 19.4 Å². The van der Waals surface area contributed by atoms with Gasteiger partial charge in [0.25, 0.3) is 5.91 Å². The molecule has 28 heavy (non-hydrogen) atoms. The molecule has 9 nitrogen and oxygen atoms in total. The van der Waals surface area contributed by atoms with Crippen LogP contribution in [-0.4, -0.2) is 51.9 Å². The maximum absolute atomic E-state index is 12.2. The number of rotatable bonds is 3. The molecule has 2 aliphatic rings. The Labute approximate surface area is 162 Å². The highest BCUT2D eigenvalue weighted by atomic mass is 16.5. The fraction of sp³-hybridized carbons (Fsp3) is 0.421. The van der Waals surface area contributed by atoms with E-state index >= 15 is 0 Å². The lowest BCUT2D eigenvalue weighted by atomic mass is 9.93. The van der Waals surface area contributed by atoms with Gasteiger partial charge in [0, 0.05) is 30.3 Å². The molecule has 2 aromatic heterocycles. The van der Waals surface area contributed by atoms with Crippen molar-refractivity contribution in [2.24, 2.45) is 11.7 Å². The maximum atomic E-state index is 12.2. The van der Waals surface area contributed by atoms with Crippen LogP contribution in [0.15, 0.2) is 23.6 Å². The lowest BCUT2D eigenvalue weighted by Gasteiger charge is -2.27. The van der Waals surface area contributed by atoms with Crippen molar-refractivity contribution in [2.45, 2.75) is 20.3 Å². The first-order valence-electron chi connectivity index (χ1n) is 9.30. The molecule has 1 atom stereocenters. The standard InChI is InChI=1S/C19H24N6O3/c1-10-3-4-12(26)11(2)16(10)25-17(20)14(18(21)27)15-19(25)22-9-13(23-15)24-5-7-28-8-6-24/h4,9-10,26H,3,5-8,20H2,1-2H3,(H2,21,27)/t10-/m1/s1. The van der Waals surface area contributed by atoms with Gasteiger partial charge in [0.2, 0.25) is 0 Å². The van der Waals surface area contributed by atoms with E-state index in [2.05, 4.69) is 14.9 Å². The number of allylic oxidation sites excluding steroid dienone is 3. The van der Waals surface area contributed by atoms with E-state index in [9.17, 15) is 9.90 Å². The van der Waals surface area contributed by atoms with E-state index in [1.807, 2.05) is 13.8 Å². The van der Waals surface area contributed by atoms with Gasteiger partial charge in [-0.25, -0.2) is 9.97 Å². The first-order valence-corrected chi connectivity index (χ1v) is 9.30. The van der Waals surface area contributed by atoms with Crippen molar-refractivity contribution in [2.75, 3.05) is 36.9 Å². The summed E-state index contributed by atoms with van der Waals surface area (Å²) in [6, 6.07) is 0. The van der Waals surface area contributed by atoms with Crippen molar-refractivity contribution in [1.82, 2.24) is 14.5 Å². The molecule has 0 saturated carbocycles. The molecular formula is C19H24N6O3. The molecule has 1 aliphatic heterocycles. The molecule has 1 amide bonds. The Kier molecular flexibility index (Phi) is 4.46. The van der Waals surface area contributed by atoms with Crippen molar-refractivity contribution < 1.29 is 14.6 Å². The fourth-order valence-electron chi connectivity index (χ4n) is 3.93. The zero-order valence-electron chi connectivity index (χ0n) is 16.0. The molecule has 0 spiro atoms. The third kappa shape index (κ3) is 2.78. The number of anilines is 2. The first-order chi connectivity index (χ1) is 13.4. The Bertz CT molecular complexity index is 1020. The second-order valence-electron chi connectivity index (χ2n) is 7.20. The van der Waals surface area contributed by atoms with Gasteiger partial charge >= 0.3 is 0 Å². The smallest absolute Gasteiger partial charge is 0.254 e. The molecule has 0 radical (unpaired) electrons. The Morgan fingerprint density at radius 3 is 2.75 bits per heavy atom. The molecule has 0 bridgehead atoms. The van der Waals surface area contributed by atoms with E-state index in [0.717, 1.165) is 5.70 Å². The molecule has 1 fully saturated rings. The van der Waals surface area contributed by atoms with E-state index in [1.165, 1.54) is 0 Å². The predicted molar refractivity (Wildman–Crippen MR) is 107 cm³/mol. The summed E-state index contributed by atoms with van der Waals surface area (Å²) in [5.74, 6) is 0.470. The summed E-state index contributed by atoms with van der Waals surface area (Å²) in [6.45, 7) is 6.47. The number of aliphatic hydroxyl groups is 1. The highest BCUT2D eigenvalue weighted by Crippen LogP contribution is 2.38. The number of morpholine rings is 1. The summed E-state index contributed by atoms with van der Waals surface area (Å²) >= 11 is 0. The zero-order valence-corrected chi connectivity index (χ0v) is 16.0. The second-order valence-corrected chi connectivity index (χ2v) is 7.20. The molecule has 9 heteroatoms. The van der Waals surface area contributed by atoms with Crippen LogP contribution in [0.2, 0.25) is 0 Å². The predicted octanol–water partition coefficient (Wildman–Crippen LogP) is 1.66. The monoisotopic (exact) mass is 384 g/mol. The first kappa shape index (κ1) is 18.3. The average molecular weight is 384 g/mol. The number of amides is 1. The maximum Gasteiger partial charge on any atom is 0.254 e. The highest BCUT2D eigenvalue weighted by Gasteiger charge is 2.29. The summed E-state index contributed by atoms with van der Waals surface area (Å²) in [5, 5.41) is 10.2. The number of nitrogens with zero attached hydrogens (tertiary/aromatic N) is 4. The number of hydrogen-bond acceptors (Lipinski definition) is 7. The van der Waals surface area contributed by atoms with Crippen LogP contribution in [0.3, 0.4) is 0 Å². The summed E-state index contributed by atoms with van der Waals surface area (Å²) in [5.41, 5.74) is 14.5. The average Bonchev–Trinajstić information content (AvgIpc) is 2.97. The van der Waals surface area contributed by atoms with Gasteiger partial charge in [-0.1, -0.05) is 6.92 Å². The minimum absolute atomic E-state index is 0.0789. The molecule has 4 rings (SSSR count). The van der Waals surface area contributed by atoms with Crippen molar-refractivity contribution in [3.05, 3.63) is 29.2 Å². The van der Waals surface area contributed by atoms with Crippen LogP contribution in [0, 0.1) is 5.92 Å². The number of primary amides is 1. The van der Waals surface area contributed by atoms with Crippen LogP contribution in [0.1, 0.15) is 30.6 Å². The number of carbonyl (C=O) groups is 1. The third-order valence-electron chi connectivity index (χ3n) is 5.41. The number of hydrogen-bond donors (Lipinski definition) is 3. The van der Waals surface area contributed by atoms with Crippen LogP contribution in [0.4, 0.5) is 11.6 Å². The van der Waals surface area contributed by atoms with Gasteiger partial charge in [-0.2, -0.15) is 0 Å². The molecule has 148 valence electrons. The van der Waals surface area contributed by atoms with E-state index in [4.69, 9.17) is 16.2 Å². The van der Waals surface area contributed by atoms with Gasteiger partial charge in [0.15, 0.2) is 5.65 Å². The van der Waals surface area contributed by atoms with E-state index < -0.39 is 5.91 Å². The molecule has 1 aliphatic carbocycles. The molecule has 5 N–H and O–H groups in total. The van der Waals surface area contributed by atoms with Gasteiger partial charge < -0.3 is 26.2 Å². The molecule has 0 unspecified atom stereocenters. The van der Waals surface area contributed by atoms with Gasteiger partial charge in [0.05, 0.1) is 19.4 Å². The lowest BCUT2D eigenvalue weighted by molar-refractivity contribution is 0.100. The van der Waals surface area contributed by atoms with Gasteiger partial charge in [-0.3, -0.25) is 9.36 Å². The number of fused-ring (bicyclic) bond motifs is 1. The highest BCUT2D eigenvalue weighted by molar-refractivity contribution is 6.10. The number of aromatic nitrogens is 3. The van der Waals surface area contributed by atoms with Crippen molar-refractivity contribution in [1.29, 1.82) is 0 Å². The molecule has 0 aromatic carbocycles. The SMILES string of the molecule is CC1=C(n2c(N)c(C(N)=O)c3nc(N4CCOCC4)cnc32)[C@H](C)CC=C1O. The summed E-state index contributed by atoms with van der Waals surface area (Å²) in [6.07, 6.45) is 4.11. The fourth-order valence-corrected chi connectivity index (χ4v) is 3.93. The number of aliphatic hydroxyl groups excluding tert-OH is 1. The number of ether oxygens (including phenoxy) is 1. The quantitative estimate of drug-likeness (QED) is 0.733. The molecular weight excluding hydrogens is 360 g/mol. The Hall–Kier alpha value is -3.07. The van der Waals surface area contributed by atoms with Crippen molar-refractivity contribution in [3.8, 4) is 0 Å². The second kappa shape index (κ2) is 6.83. The number of carbonyl (C=O) groups excluding carboxylic acids is 1. The van der Waals surface area contributed by atoms with E-state index in [0.29, 0.717) is 55.3 Å². The van der Waals surface area contributed by atoms with Crippen molar-refractivity contribution >= 4 is 34.4 Å². The minimum Gasteiger partial charge on any atom is -0.508 e. The van der Waals surface area contributed by atoms with Gasteiger partial charge in [-0.15, -0.1) is 0 Å². The molecule has 3 heterocycles. The Balaban J connectivity index is 1.95. The minimum atomic E-state index is -0.656. The van der Waals surface area contributed by atoms with Crippen LogP contribution < -0.4 is 16.4 Å². The van der Waals surface area contributed by atoms with E-state index in [-0.39, 0.29) is 23.1 Å². The summed E-state index contributed by atoms with van der Waals surface area (Å²) in [4.78, 5) is 23.5. The number of nitrogen functional groups attached to an aromatic ring is 1. The molecule has 1 saturated heterocycles. The van der Waals surface area contributed by atoms with Crippen LogP contribution in [-0.2, 0) is 4.74 Å². The topological polar surface area (TPSA) is 133 Å². The number of nitrogens with two attached hydrogens (primary N) is 2. The summed E-state index contributed by atoms with van der Waals surface area (Å²) < 4.78 is 7.09. The Morgan fingerprint density at radius 2 is 2.07 bits per heavy atom. The Morgan fingerprint density at radius 1 is 1.36 bits per heavy atom. The van der Waals surface area contributed by atoms with Gasteiger partial charge in [0.1, 0.15) is 28.5 Å². The summed E-state index contributed by atoms with van der Waals surface area (Å²) in [7, 11) is 0. The zero-order chi connectivity index (χ0) is 20.0. The van der Waals surface area contributed by atoms with Crippen LogP contribution in [0.5, 0.6) is 0 Å². The molecule has 2 aromatic rings. The largest absolute Gasteiger partial charge is 0.508 e. The normalized spacial score (nSPS) is 20.6. The third-order valence-corrected chi connectivity index (χ3v) is 5.41. The van der Waals surface area contributed by atoms with Crippen LogP contribution in [0.25, 0.3) is 16.9 Å². The lowest BCUT2D eigenvalue weighted by Crippen LogP contribution is -2.36.